The number of nitrogens with two attached hydrogens (primary N) is 1. The molecule has 2 aromatic heterocycles. The molecule has 0 aliphatic carbocycles. The summed E-state index contributed by atoms with van der Waals surface area (Å²) in [6, 6.07) is 11.4. The number of fused-ring (bicyclic) bond motifs is 1. The van der Waals surface area contributed by atoms with Crippen molar-refractivity contribution >= 4 is 46.8 Å². The molecule has 1 aromatic carbocycles. The Morgan fingerprint density at radius 3 is 2.62 bits per heavy atom. The van der Waals surface area contributed by atoms with Gasteiger partial charge in [0.25, 0.3) is 5.91 Å². The molecule has 3 aromatic rings. The van der Waals surface area contributed by atoms with Crippen LogP contribution in [0.5, 0.6) is 0 Å². The Labute approximate surface area is 170 Å². The second-order valence-corrected chi connectivity index (χ2v) is 6.42. The van der Waals surface area contributed by atoms with Crippen LogP contribution in [0.2, 0.25) is 5.15 Å². The van der Waals surface area contributed by atoms with Crippen molar-refractivity contribution in [2.45, 2.75) is 13.0 Å². The fourth-order valence-electron chi connectivity index (χ4n) is 2.51. The molecule has 0 saturated heterocycles. The summed E-state index contributed by atoms with van der Waals surface area (Å²) in [7, 11) is 0. The number of benzene rings is 1. The summed E-state index contributed by atoms with van der Waals surface area (Å²) < 4.78 is 6.83. The standard InChI is InChI=1S/C20H17ClN4O4/c1-12(20(28)23-14-7-5-13(6-8-14)19(22)27)29-17(26)10-9-15-18(21)24-16-4-2-3-11-25(15)16/h2-12H,1H3,(H2,22,27)(H,23,28)/b10-9+/t12-/m1/s1. The van der Waals surface area contributed by atoms with Gasteiger partial charge in [-0.1, -0.05) is 17.7 Å². The van der Waals surface area contributed by atoms with Crippen LogP contribution in [0.25, 0.3) is 11.7 Å². The van der Waals surface area contributed by atoms with Gasteiger partial charge in [0.2, 0.25) is 5.91 Å². The Balaban J connectivity index is 1.60. The van der Waals surface area contributed by atoms with Gasteiger partial charge in [0.1, 0.15) is 5.65 Å². The molecule has 1 atom stereocenters. The van der Waals surface area contributed by atoms with Crippen LogP contribution in [-0.4, -0.2) is 33.3 Å². The predicted octanol–water partition coefficient (Wildman–Crippen LogP) is 2.67. The fourth-order valence-corrected chi connectivity index (χ4v) is 2.75. The number of nitrogens with zero attached hydrogens (tertiary/aromatic N) is 2. The van der Waals surface area contributed by atoms with Crippen LogP contribution in [-0.2, 0) is 14.3 Å². The first-order valence-corrected chi connectivity index (χ1v) is 8.95. The van der Waals surface area contributed by atoms with E-state index in [2.05, 4.69) is 10.3 Å². The van der Waals surface area contributed by atoms with Crippen molar-refractivity contribution in [1.82, 2.24) is 9.38 Å². The third-order valence-electron chi connectivity index (χ3n) is 4.00. The first-order valence-electron chi connectivity index (χ1n) is 8.57. The number of nitrogens with one attached hydrogen (secondary N) is 1. The van der Waals surface area contributed by atoms with Crippen LogP contribution in [0, 0.1) is 0 Å². The molecule has 3 N–H and O–H groups in total. The lowest BCUT2D eigenvalue weighted by atomic mass is 10.2. The molecule has 29 heavy (non-hydrogen) atoms. The highest BCUT2D eigenvalue weighted by Gasteiger charge is 2.17. The topological polar surface area (TPSA) is 116 Å². The molecule has 0 bridgehead atoms. The normalized spacial score (nSPS) is 12.1. The Bertz CT molecular complexity index is 1110. The molecule has 0 fully saturated rings. The molecule has 0 unspecified atom stereocenters. The van der Waals surface area contributed by atoms with Crippen molar-refractivity contribution in [2.24, 2.45) is 5.73 Å². The Morgan fingerprint density at radius 1 is 1.21 bits per heavy atom. The highest BCUT2D eigenvalue weighted by molar-refractivity contribution is 6.31. The summed E-state index contributed by atoms with van der Waals surface area (Å²) >= 11 is 6.10. The Kier molecular flexibility index (Phi) is 5.94. The molecule has 0 aliphatic rings. The van der Waals surface area contributed by atoms with E-state index in [9.17, 15) is 14.4 Å². The van der Waals surface area contributed by atoms with E-state index >= 15 is 0 Å². The number of pyridine rings is 1. The van der Waals surface area contributed by atoms with E-state index in [-0.39, 0.29) is 5.15 Å². The molecule has 3 rings (SSSR count). The zero-order valence-corrected chi connectivity index (χ0v) is 16.1. The van der Waals surface area contributed by atoms with Crippen molar-refractivity contribution in [2.75, 3.05) is 5.32 Å². The minimum atomic E-state index is -1.04. The van der Waals surface area contributed by atoms with Crippen LogP contribution < -0.4 is 11.1 Å². The number of halogens is 1. The fraction of sp³-hybridized carbons (Fsp3) is 0.100. The zero-order chi connectivity index (χ0) is 21.0. The van der Waals surface area contributed by atoms with Gasteiger partial charge in [-0.05, 0) is 49.4 Å². The summed E-state index contributed by atoms with van der Waals surface area (Å²) in [5.41, 5.74) is 7.09. The quantitative estimate of drug-likeness (QED) is 0.477. The Hall–Kier alpha value is -3.65. The second kappa shape index (κ2) is 8.57. The molecular formula is C20H17ClN4O4. The van der Waals surface area contributed by atoms with Crippen molar-refractivity contribution < 1.29 is 19.1 Å². The van der Waals surface area contributed by atoms with E-state index in [4.69, 9.17) is 22.1 Å². The average Bonchev–Trinajstić information content (AvgIpc) is 3.01. The van der Waals surface area contributed by atoms with E-state index in [1.54, 1.807) is 16.7 Å². The van der Waals surface area contributed by atoms with Crippen LogP contribution in [0.4, 0.5) is 5.69 Å². The highest BCUT2D eigenvalue weighted by atomic mass is 35.5. The van der Waals surface area contributed by atoms with Crippen LogP contribution >= 0.6 is 11.6 Å². The molecule has 9 heteroatoms. The van der Waals surface area contributed by atoms with E-state index in [1.165, 1.54) is 43.3 Å². The summed E-state index contributed by atoms with van der Waals surface area (Å²) in [6.45, 7) is 1.44. The number of imidazole rings is 1. The van der Waals surface area contributed by atoms with Crippen molar-refractivity contribution in [1.29, 1.82) is 0 Å². The van der Waals surface area contributed by atoms with Crippen LogP contribution in [0.1, 0.15) is 23.0 Å². The minimum Gasteiger partial charge on any atom is -0.449 e. The molecular weight excluding hydrogens is 396 g/mol. The van der Waals surface area contributed by atoms with Gasteiger partial charge in [-0.2, -0.15) is 0 Å². The van der Waals surface area contributed by atoms with Crippen LogP contribution in [0.3, 0.4) is 0 Å². The number of hydrogen-bond acceptors (Lipinski definition) is 5. The smallest absolute Gasteiger partial charge is 0.331 e. The van der Waals surface area contributed by atoms with Gasteiger partial charge in [-0.3, -0.25) is 14.0 Å². The van der Waals surface area contributed by atoms with Gasteiger partial charge in [-0.25, -0.2) is 9.78 Å². The second-order valence-electron chi connectivity index (χ2n) is 6.06. The molecule has 0 saturated carbocycles. The van der Waals surface area contributed by atoms with Crippen molar-refractivity contribution in [3.63, 3.8) is 0 Å². The first kappa shape index (κ1) is 20.1. The maximum Gasteiger partial charge on any atom is 0.331 e. The van der Waals surface area contributed by atoms with E-state index in [0.717, 1.165) is 0 Å². The summed E-state index contributed by atoms with van der Waals surface area (Å²) in [5.74, 6) is -1.80. The zero-order valence-electron chi connectivity index (χ0n) is 15.3. The SMILES string of the molecule is C[C@@H](OC(=O)/C=C/c1c(Cl)nc2ccccn12)C(=O)Nc1ccc(C(N)=O)cc1. The number of carbonyl (C=O) groups excluding carboxylic acids is 3. The van der Waals surface area contributed by atoms with E-state index in [1.807, 2.05) is 12.1 Å². The number of hydrogen-bond donors (Lipinski definition) is 2. The number of ether oxygens (including phenoxy) is 1. The van der Waals surface area contributed by atoms with Crippen molar-refractivity contribution in [3.05, 3.63) is 71.1 Å². The molecule has 0 spiro atoms. The van der Waals surface area contributed by atoms with Gasteiger partial charge in [0, 0.05) is 23.5 Å². The van der Waals surface area contributed by atoms with Gasteiger partial charge in [-0.15, -0.1) is 0 Å². The van der Waals surface area contributed by atoms with E-state index in [0.29, 0.717) is 22.6 Å². The van der Waals surface area contributed by atoms with Gasteiger partial charge in [0.15, 0.2) is 11.3 Å². The van der Waals surface area contributed by atoms with Crippen molar-refractivity contribution in [3.8, 4) is 0 Å². The maximum atomic E-state index is 12.2. The lowest BCUT2D eigenvalue weighted by Gasteiger charge is -2.12. The predicted molar refractivity (Wildman–Crippen MR) is 108 cm³/mol. The number of aromatic nitrogens is 2. The summed E-state index contributed by atoms with van der Waals surface area (Å²) in [5, 5.41) is 2.83. The monoisotopic (exact) mass is 412 g/mol. The lowest BCUT2D eigenvalue weighted by Crippen LogP contribution is -2.29. The number of amides is 2. The summed E-state index contributed by atoms with van der Waals surface area (Å²) in [4.78, 5) is 39.5. The average molecular weight is 413 g/mol. The number of esters is 1. The van der Waals surface area contributed by atoms with Crippen LogP contribution in [0.15, 0.2) is 54.7 Å². The number of primary amides is 1. The minimum absolute atomic E-state index is 0.241. The summed E-state index contributed by atoms with van der Waals surface area (Å²) in [6.07, 6.45) is 3.37. The van der Waals surface area contributed by atoms with Gasteiger partial charge >= 0.3 is 5.97 Å². The number of anilines is 1. The third kappa shape index (κ3) is 4.80. The van der Waals surface area contributed by atoms with Gasteiger partial charge < -0.3 is 15.8 Å². The molecule has 0 aliphatic heterocycles. The largest absolute Gasteiger partial charge is 0.449 e. The van der Waals surface area contributed by atoms with Gasteiger partial charge in [0.05, 0.1) is 5.69 Å². The molecule has 8 nitrogen and oxygen atoms in total. The highest BCUT2D eigenvalue weighted by Crippen LogP contribution is 2.19. The molecule has 0 radical (unpaired) electrons. The molecule has 148 valence electrons. The molecule has 2 heterocycles. The lowest BCUT2D eigenvalue weighted by molar-refractivity contribution is -0.148. The van der Waals surface area contributed by atoms with E-state index < -0.39 is 23.9 Å². The first-order chi connectivity index (χ1) is 13.8. The maximum absolute atomic E-state index is 12.2. The third-order valence-corrected chi connectivity index (χ3v) is 4.28. The number of carbonyl (C=O) groups is 3. The Morgan fingerprint density at radius 2 is 1.93 bits per heavy atom. The number of rotatable bonds is 6. The molecule has 2 amide bonds.